The van der Waals surface area contributed by atoms with Gasteiger partial charge in [0.15, 0.2) is 0 Å². The van der Waals surface area contributed by atoms with Crippen LogP contribution in [0.5, 0.6) is 5.75 Å². The molecule has 0 heterocycles. The quantitative estimate of drug-likeness (QED) is 0.481. The molecule has 0 bridgehead atoms. The fraction of sp³-hybridized carbons (Fsp3) is 0.133. The summed E-state index contributed by atoms with van der Waals surface area (Å²) in [4.78, 5) is 10.9. The average molecular weight is 419 g/mol. The number of alkyl halides is 1. The fourth-order valence-electron chi connectivity index (χ4n) is 1.71. The van der Waals surface area contributed by atoms with Gasteiger partial charge in [-0.25, -0.2) is 0 Å². The molecule has 0 aliphatic rings. The van der Waals surface area contributed by atoms with E-state index in [1.54, 1.807) is 6.07 Å². The zero-order chi connectivity index (χ0) is 14.5. The van der Waals surface area contributed by atoms with Gasteiger partial charge < -0.3 is 4.74 Å². The maximum Gasteiger partial charge on any atom is 0.150 e. The van der Waals surface area contributed by atoms with E-state index in [9.17, 15) is 4.79 Å². The summed E-state index contributed by atoms with van der Waals surface area (Å²) in [6, 6.07) is 11.0. The van der Waals surface area contributed by atoms with Crippen LogP contribution in [0.1, 0.15) is 21.5 Å². The molecule has 2 nitrogen and oxygen atoms in total. The molecule has 5 heteroatoms. The summed E-state index contributed by atoms with van der Waals surface area (Å²) in [6.07, 6.45) is 0.817. The molecule has 2 aromatic carbocycles. The van der Waals surface area contributed by atoms with Gasteiger partial charge in [0.25, 0.3) is 0 Å². The van der Waals surface area contributed by atoms with Crippen molar-refractivity contribution in [2.24, 2.45) is 0 Å². The Morgan fingerprint density at radius 2 is 2.00 bits per heavy atom. The van der Waals surface area contributed by atoms with Gasteiger partial charge in [-0.05, 0) is 35.9 Å². The van der Waals surface area contributed by atoms with Gasteiger partial charge in [0, 0.05) is 26.0 Å². The van der Waals surface area contributed by atoms with Crippen LogP contribution in [-0.2, 0) is 11.9 Å². The normalized spacial score (nSPS) is 10.3. The van der Waals surface area contributed by atoms with Crippen molar-refractivity contribution in [3.05, 3.63) is 62.6 Å². The largest absolute Gasteiger partial charge is 0.489 e. The minimum absolute atomic E-state index is 0.405. The van der Waals surface area contributed by atoms with E-state index in [2.05, 4.69) is 31.9 Å². The van der Waals surface area contributed by atoms with Gasteiger partial charge in [-0.1, -0.05) is 49.5 Å². The summed E-state index contributed by atoms with van der Waals surface area (Å²) in [7, 11) is 0. The van der Waals surface area contributed by atoms with E-state index in [4.69, 9.17) is 16.3 Å². The Bertz CT molecular complexity index is 629. The van der Waals surface area contributed by atoms with E-state index in [0.717, 1.165) is 21.9 Å². The maximum absolute atomic E-state index is 10.9. The predicted octanol–water partition coefficient (Wildman–Crippen LogP) is 5.39. The predicted molar refractivity (Wildman–Crippen MR) is 87.9 cm³/mol. The monoisotopic (exact) mass is 416 g/mol. The van der Waals surface area contributed by atoms with Crippen molar-refractivity contribution >= 4 is 49.7 Å². The average Bonchev–Trinajstić information content (AvgIpc) is 2.46. The summed E-state index contributed by atoms with van der Waals surface area (Å²) < 4.78 is 6.65. The minimum atomic E-state index is 0.405. The Labute approximate surface area is 139 Å². The Kier molecular flexibility index (Phi) is 5.64. The first-order valence-corrected chi connectivity index (χ1v) is 8.13. The second-order valence-electron chi connectivity index (χ2n) is 4.19. The molecule has 0 spiro atoms. The third-order valence-electron chi connectivity index (χ3n) is 2.69. The lowest BCUT2D eigenvalue weighted by atomic mass is 10.1. The number of hydrogen-bond acceptors (Lipinski definition) is 2. The van der Waals surface area contributed by atoms with Gasteiger partial charge in [0.05, 0.1) is 0 Å². The van der Waals surface area contributed by atoms with Crippen LogP contribution in [0.15, 0.2) is 40.9 Å². The van der Waals surface area contributed by atoms with E-state index in [-0.39, 0.29) is 0 Å². The molecule has 2 aromatic rings. The molecule has 0 atom stereocenters. The number of ether oxygens (including phenoxy) is 1. The van der Waals surface area contributed by atoms with Crippen LogP contribution < -0.4 is 4.74 Å². The van der Waals surface area contributed by atoms with Gasteiger partial charge in [-0.15, -0.1) is 0 Å². The van der Waals surface area contributed by atoms with Crippen molar-refractivity contribution < 1.29 is 9.53 Å². The molecular formula is C15H11Br2ClO2. The Hall–Kier alpha value is -0.840. The molecule has 104 valence electrons. The summed E-state index contributed by atoms with van der Waals surface area (Å²) in [5.41, 5.74) is 2.60. The highest BCUT2D eigenvalue weighted by atomic mass is 79.9. The van der Waals surface area contributed by atoms with E-state index in [1.807, 2.05) is 30.3 Å². The van der Waals surface area contributed by atoms with Gasteiger partial charge in [0.1, 0.15) is 18.6 Å². The third-order valence-corrected chi connectivity index (χ3v) is 4.31. The molecule has 0 unspecified atom stereocenters. The highest BCUT2D eigenvalue weighted by Gasteiger charge is 2.04. The second kappa shape index (κ2) is 7.25. The molecule has 2 rings (SSSR count). The van der Waals surface area contributed by atoms with Crippen molar-refractivity contribution in [1.29, 1.82) is 0 Å². The van der Waals surface area contributed by atoms with Crippen LogP contribution in [0.3, 0.4) is 0 Å². The highest BCUT2D eigenvalue weighted by Crippen LogP contribution is 2.24. The first kappa shape index (κ1) is 15.5. The second-order valence-corrected chi connectivity index (χ2v) is 6.04. The number of carbonyl (C=O) groups excluding carboxylic acids is 1. The molecule has 0 saturated heterocycles. The lowest BCUT2D eigenvalue weighted by molar-refractivity contribution is 0.112. The van der Waals surface area contributed by atoms with Crippen molar-refractivity contribution in [2.75, 3.05) is 0 Å². The summed E-state index contributed by atoms with van der Waals surface area (Å²) >= 11 is 12.7. The lowest BCUT2D eigenvalue weighted by Gasteiger charge is -2.10. The van der Waals surface area contributed by atoms with Crippen LogP contribution >= 0.6 is 43.5 Å². The molecule has 0 saturated carbocycles. The van der Waals surface area contributed by atoms with Crippen LogP contribution in [0, 0.1) is 0 Å². The molecule has 0 N–H and O–H groups in total. The smallest absolute Gasteiger partial charge is 0.150 e. The lowest BCUT2D eigenvalue weighted by Crippen LogP contribution is -1.98. The highest BCUT2D eigenvalue weighted by molar-refractivity contribution is 9.10. The number of benzene rings is 2. The van der Waals surface area contributed by atoms with Gasteiger partial charge in [0.2, 0.25) is 0 Å². The zero-order valence-corrected chi connectivity index (χ0v) is 14.3. The first-order chi connectivity index (χ1) is 9.62. The van der Waals surface area contributed by atoms with E-state index >= 15 is 0 Å². The van der Waals surface area contributed by atoms with Crippen molar-refractivity contribution in [2.45, 2.75) is 11.9 Å². The Morgan fingerprint density at radius 1 is 1.20 bits per heavy atom. The molecule has 0 radical (unpaired) electrons. The molecule has 20 heavy (non-hydrogen) atoms. The van der Waals surface area contributed by atoms with Crippen LogP contribution in [-0.4, -0.2) is 6.29 Å². The number of halogens is 3. The van der Waals surface area contributed by atoms with Crippen molar-refractivity contribution in [3.63, 3.8) is 0 Å². The van der Waals surface area contributed by atoms with Gasteiger partial charge in [-0.3, -0.25) is 4.79 Å². The van der Waals surface area contributed by atoms with Crippen molar-refractivity contribution in [3.8, 4) is 5.75 Å². The molecule has 0 aromatic heterocycles. The molecule has 0 aliphatic heterocycles. The maximum atomic E-state index is 10.9. The molecule has 0 aliphatic carbocycles. The standard InChI is InChI=1S/C15H11Br2ClO2/c16-7-10-3-11(8-19)5-14(4-10)20-9-12-1-2-13(18)6-15(12)17/h1-6,8H,7,9H2. The number of carbonyl (C=O) groups is 1. The van der Waals surface area contributed by atoms with Crippen LogP contribution in [0.2, 0.25) is 5.02 Å². The molecular weight excluding hydrogens is 407 g/mol. The first-order valence-electron chi connectivity index (χ1n) is 5.84. The number of hydrogen-bond donors (Lipinski definition) is 0. The van der Waals surface area contributed by atoms with E-state index < -0.39 is 0 Å². The SMILES string of the molecule is O=Cc1cc(CBr)cc(OCc2ccc(Cl)cc2Br)c1. The summed E-state index contributed by atoms with van der Waals surface area (Å²) in [5.74, 6) is 0.672. The topological polar surface area (TPSA) is 26.3 Å². The van der Waals surface area contributed by atoms with E-state index in [1.165, 1.54) is 0 Å². The molecule has 0 fully saturated rings. The Balaban J connectivity index is 2.15. The third kappa shape index (κ3) is 4.08. The van der Waals surface area contributed by atoms with Gasteiger partial charge >= 0.3 is 0 Å². The molecule has 0 amide bonds. The van der Waals surface area contributed by atoms with Crippen molar-refractivity contribution in [1.82, 2.24) is 0 Å². The Morgan fingerprint density at radius 3 is 2.65 bits per heavy atom. The summed E-state index contributed by atoms with van der Waals surface area (Å²) in [5, 5.41) is 1.35. The number of rotatable bonds is 5. The number of aldehydes is 1. The minimum Gasteiger partial charge on any atom is -0.489 e. The van der Waals surface area contributed by atoms with Gasteiger partial charge in [-0.2, -0.15) is 0 Å². The fourth-order valence-corrected chi connectivity index (χ4v) is 2.84. The zero-order valence-electron chi connectivity index (χ0n) is 10.4. The van der Waals surface area contributed by atoms with Crippen LogP contribution in [0.25, 0.3) is 0 Å². The van der Waals surface area contributed by atoms with Crippen LogP contribution in [0.4, 0.5) is 0 Å². The summed E-state index contributed by atoms with van der Waals surface area (Å²) in [6.45, 7) is 0.405. The van der Waals surface area contributed by atoms with E-state index in [0.29, 0.717) is 28.3 Å².